The van der Waals surface area contributed by atoms with Crippen LogP contribution in [0.3, 0.4) is 0 Å². The quantitative estimate of drug-likeness (QED) is 0.390. The number of aromatic nitrogens is 5. The molecule has 0 bridgehead atoms. The first-order valence-electron chi connectivity index (χ1n) is 11.8. The number of nitrogens with one attached hydrogen (secondary N) is 1. The van der Waals surface area contributed by atoms with Crippen molar-refractivity contribution in [2.45, 2.75) is 45.8 Å². The molecule has 10 heteroatoms. The van der Waals surface area contributed by atoms with Gasteiger partial charge in [-0.15, -0.1) is 10.2 Å². The monoisotopic (exact) mass is 517 g/mol. The molecule has 2 heterocycles. The van der Waals surface area contributed by atoms with E-state index in [1.165, 1.54) is 9.70 Å². The van der Waals surface area contributed by atoms with Gasteiger partial charge in [0, 0.05) is 34.2 Å². The third-order valence-electron chi connectivity index (χ3n) is 5.44. The SMILES string of the molecule is Cc1ccc(-c2nnn(CC(=O)N(c3ccc(Cl)cc3)[C@@H](C(=O)NC(C)(C)C)c3ccncc3)n2)cc1. The minimum atomic E-state index is -0.976. The molecule has 2 amide bonds. The first kappa shape index (κ1) is 26.0. The highest BCUT2D eigenvalue weighted by Crippen LogP contribution is 2.30. The number of nitrogens with zero attached hydrogens (tertiary/aromatic N) is 6. The molecule has 0 fully saturated rings. The molecule has 1 atom stereocenters. The summed E-state index contributed by atoms with van der Waals surface area (Å²) in [5.41, 5.74) is 2.48. The second kappa shape index (κ2) is 10.9. The predicted octanol–water partition coefficient (Wildman–Crippen LogP) is 4.39. The second-order valence-electron chi connectivity index (χ2n) is 9.67. The van der Waals surface area contributed by atoms with Crippen LogP contribution >= 0.6 is 11.6 Å². The van der Waals surface area contributed by atoms with Crippen LogP contribution in [0.15, 0.2) is 73.1 Å². The van der Waals surface area contributed by atoms with Gasteiger partial charge in [-0.3, -0.25) is 19.5 Å². The van der Waals surface area contributed by atoms with Gasteiger partial charge in [0.25, 0.3) is 5.91 Å². The van der Waals surface area contributed by atoms with Gasteiger partial charge in [0.1, 0.15) is 12.6 Å². The van der Waals surface area contributed by atoms with Gasteiger partial charge < -0.3 is 5.32 Å². The van der Waals surface area contributed by atoms with Crippen LogP contribution in [0.4, 0.5) is 5.69 Å². The summed E-state index contributed by atoms with van der Waals surface area (Å²) in [6.45, 7) is 7.41. The Morgan fingerprint density at radius 1 is 1.00 bits per heavy atom. The van der Waals surface area contributed by atoms with Gasteiger partial charge >= 0.3 is 0 Å². The van der Waals surface area contributed by atoms with E-state index in [2.05, 4.69) is 25.7 Å². The highest BCUT2D eigenvalue weighted by molar-refractivity contribution is 6.30. The van der Waals surface area contributed by atoms with Crippen molar-refractivity contribution in [1.29, 1.82) is 0 Å². The summed E-state index contributed by atoms with van der Waals surface area (Å²) in [5.74, 6) is -0.336. The molecule has 0 unspecified atom stereocenters. The van der Waals surface area contributed by atoms with Gasteiger partial charge in [0.05, 0.1) is 0 Å². The van der Waals surface area contributed by atoms with Crippen molar-refractivity contribution in [3.8, 4) is 11.4 Å². The molecule has 9 nitrogen and oxygen atoms in total. The lowest BCUT2D eigenvalue weighted by atomic mass is 10.0. The summed E-state index contributed by atoms with van der Waals surface area (Å²) in [7, 11) is 0. The third kappa shape index (κ3) is 6.56. The topological polar surface area (TPSA) is 106 Å². The lowest BCUT2D eigenvalue weighted by Gasteiger charge is -2.33. The number of amides is 2. The fourth-order valence-corrected chi connectivity index (χ4v) is 3.89. The van der Waals surface area contributed by atoms with Crippen LogP contribution in [0.25, 0.3) is 11.4 Å². The Morgan fingerprint density at radius 3 is 2.27 bits per heavy atom. The average molecular weight is 518 g/mol. The zero-order valence-corrected chi connectivity index (χ0v) is 21.8. The smallest absolute Gasteiger partial charge is 0.251 e. The van der Waals surface area contributed by atoms with Crippen molar-refractivity contribution in [2.75, 3.05) is 4.90 Å². The molecule has 1 N–H and O–H groups in total. The van der Waals surface area contributed by atoms with Crippen molar-refractivity contribution in [2.24, 2.45) is 0 Å². The molecule has 4 aromatic rings. The molecule has 0 radical (unpaired) electrons. The maximum atomic E-state index is 13.8. The molecular weight excluding hydrogens is 490 g/mol. The molecule has 2 aromatic carbocycles. The number of pyridine rings is 1. The molecule has 0 spiro atoms. The molecule has 37 heavy (non-hydrogen) atoms. The number of anilines is 1. The highest BCUT2D eigenvalue weighted by Gasteiger charge is 2.34. The minimum absolute atomic E-state index is 0.230. The van der Waals surface area contributed by atoms with Crippen molar-refractivity contribution < 1.29 is 9.59 Å². The number of benzene rings is 2. The highest BCUT2D eigenvalue weighted by atomic mass is 35.5. The van der Waals surface area contributed by atoms with Crippen LogP contribution in [0.5, 0.6) is 0 Å². The van der Waals surface area contributed by atoms with Gasteiger partial charge in [-0.1, -0.05) is 41.4 Å². The third-order valence-corrected chi connectivity index (χ3v) is 5.69. The van der Waals surface area contributed by atoms with Crippen molar-refractivity contribution in [3.05, 3.63) is 89.2 Å². The van der Waals surface area contributed by atoms with E-state index in [1.54, 1.807) is 48.8 Å². The summed E-state index contributed by atoms with van der Waals surface area (Å²) in [6, 6.07) is 16.9. The summed E-state index contributed by atoms with van der Waals surface area (Å²) in [5, 5.41) is 16.1. The lowest BCUT2D eigenvalue weighted by molar-refractivity contribution is -0.128. The van der Waals surface area contributed by atoms with E-state index in [9.17, 15) is 9.59 Å². The van der Waals surface area contributed by atoms with Crippen molar-refractivity contribution in [3.63, 3.8) is 0 Å². The predicted molar refractivity (Wildman–Crippen MR) is 142 cm³/mol. The van der Waals surface area contributed by atoms with E-state index >= 15 is 0 Å². The molecule has 0 aliphatic carbocycles. The molecule has 0 saturated carbocycles. The van der Waals surface area contributed by atoms with E-state index in [-0.39, 0.29) is 12.5 Å². The van der Waals surface area contributed by atoms with Crippen LogP contribution < -0.4 is 10.2 Å². The van der Waals surface area contributed by atoms with Crippen molar-refractivity contribution >= 4 is 29.1 Å². The fourth-order valence-electron chi connectivity index (χ4n) is 3.77. The Balaban J connectivity index is 1.72. The van der Waals surface area contributed by atoms with Gasteiger partial charge in [0.15, 0.2) is 0 Å². The maximum Gasteiger partial charge on any atom is 0.251 e. The minimum Gasteiger partial charge on any atom is -0.349 e. The van der Waals surface area contributed by atoms with Crippen molar-refractivity contribution in [1.82, 2.24) is 30.5 Å². The molecule has 4 rings (SSSR count). The standard InChI is InChI=1S/C27H28ClN7O2/c1-18-5-7-20(8-6-18)25-31-33-34(32-25)17-23(36)35(22-11-9-21(28)10-12-22)24(19-13-15-29-16-14-19)26(37)30-27(2,3)4/h5-16,24H,17H2,1-4H3,(H,30,37)/t24-/m1/s1. The van der Waals surface area contributed by atoms with Crippen LogP contribution in [0.2, 0.25) is 5.02 Å². The van der Waals surface area contributed by atoms with E-state index in [0.717, 1.165) is 11.1 Å². The Hall–Kier alpha value is -4.11. The maximum absolute atomic E-state index is 13.8. The molecule has 0 aliphatic rings. The largest absolute Gasteiger partial charge is 0.349 e. The number of halogens is 1. The van der Waals surface area contributed by atoms with E-state index < -0.39 is 17.5 Å². The fraction of sp³-hybridized carbons (Fsp3) is 0.259. The summed E-state index contributed by atoms with van der Waals surface area (Å²) >= 11 is 6.12. The Bertz CT molecular complexity index is 1360. The summed E-state index contributed by atoms with van der Waals surface area (Å²) in [4.78, 5) is 34.2. The van der Waals surface area contributed by atoms with Crippen LogP contribution in [-0.2, 0) is 16.1 Å². The number of rotatable bonds is 7. The first-order chi connectivity index (χ1) is 17.6. The van der Waals surface area contributed by atoms with Gasteiger partial charge in [-0.05, 0) is 74.9 Å². The first-order valence-corrected chi connectivity index (χ1v) is 12.1. The molecule has 190 valence electrons. The number of hydrogen-bond donors (Lipinski definition) is 1. The summed E-state index contributed by atoms with van der Waals surface area (Å²) < 4.78 is 0. The second-order valence-corrected chi connectivity index (χ2v) is 10.1. The molecule has 0 saturated heterocycles. The Kier molecular flexibility index (Phi) is 7.63. The lowest BCUT2D eigenvalue weighted by Crippen LogP contribution is -2.50. The number of hydrogen-bond acceptors (Lipinski definition) is 6. The van der Waals surface area contributed by atoms with Crippen LogP contribution in [0, 0.1) is 6.92 Å². The molecule has 2 aromatic heterocycles. The van der Waals surface area contributed by atoms with Gasteiger partial charge in [-0.2, -0.15) is 4.80 Å². The zero-order chi connectivity index (χ0) is 26.6. The van der Waals surface area contributed by atoms with Crippen LogP contribution in [-0.4, -0.2) is 42.5 Å². The van der Waals surface area contributed by atoms with E-state index in [0.29, 0.717) is 22.1 Å². The molecule has 0 aliphatic heterocycles. The Labute approximate surface area is 220 Å². The number of tetrazole rings is 1. The van der Waals surface area contributed by atoms with E-state index in [1.807, 2.05) is 52.0 Å². The number of carbonyl (C=O) groups is 2. The zero-order valence-electron chi connectivity index (χ0n) is 21.1. The van der Waals surface area contributed by atoms with E-state index in [4.69, 9.17) is 11.6 Å². The summed E-state index contributed by atoms with van der Waals surface area (Å²) in [6.07, 6.45) is 3.17. The molecular formula is C27H28ClN7O2. The average Bonchev–Trinajstić information content (AvgIpc) is 3.31. The van der Waals surface area contributed by atoms with Gasteiger partial charge in [-0.25, -0.2) is 0 Å². The van der Waals surface area contributed by atoms with Gasteiger partial charge in [0.2, 0.25) is 11.7 Å². The normalized spacial score (nSPS) is 12.1. The van der Waals surface area contributed by atoms with Crippen LogP contribution in [0.1, 0.15) is 37.9 Å². The Morgan fingerprint density at radius 2 is 1.65 bits per heavy atom. The number of aryl methyl sites for hydroxylation is 1. The number of carbonyl (C=O) groups excluding carboxylic acids is 2.